The van der Waals surface area contributed by atoms with Gasteiger partial charge in [-0.2, -0.15) is 0 Å². The molecule has 2 aromatic carbocycles. The van der Waals surface area contributed by atoms with E-state index in [0.717, 1.165) is 11.4 Å². The third kappa shape index (κ3) is 2.64. The van der Waals surface area contributed by atoms with E-state index in [-0.39, 0.29) is 0 Å². The van der Waals surface area contributed by atoms with Crippen LogP contribution in [0.25, 0.3) is 11.1 Å². The lowest BCUT2D eigenvalue weighted by Crippen LogP contribution is -2.13. The second-order valence-electron chi connectivity index (χ2n) is 6.08. The Balaban J connectivity index is 2.11. The van der Waals surface area contributed by atoms with Gasteiger partial charge in [-0.25, -0.2) is 0 Å². The van der Waals surface area contributed by atoms with Gasteiger partial charge in [0.1, 0.15) is 0 Å². The lowest BCUT2D eigenvalue weighted by molar-refractivity contribution is 0.599. The standard InChI is InChI=1S/C20H22N2/c1-13-4-3-5-18(14(13)2)20-12-17(22)10-11-19(20)15-6-8-16(21)9-7-15/h3-12,14,18H,21-22H2,1-2H3. The van der Waals surface area contributed by atoms with Crippen LogP contribution in [0, 0.1) is 5.92 Å². The van der Waals surface area contributed by atoms with Crippen molar-refractivity contribution in [2.45, 2.75) is 19.8 Å². The van der Waals surface area contributed by atoms with E-state index in [1.807, 2.05) is 18.2 Å². The highest BCUT2D eigenvalue weighted by Crippen LogP contribution is 2.39. The first kappa shape index (κ1) is 14.5. The zero-order valence-corrected chi connectivity index (χ0v) is 13.1. The van der Waals surface area contributed by atoms with E-state index >= 15 is 0 Å². The minimum atomic E-state index is 0.348. The largest absolute Gasteiger partial charge is 0.399 e. The molecule has 0 amide bonds. The minimum absolute atomic E-state index is 0.348. The highest BCUT2D eigenvalue weighted by molar-refractivity contribution is 5.72. The molecule has 2 unspecified atom stereocenters. The monoisotopic (exact) mass is 290 g/mol. The van der Waals surface area contributed by atoms with Crippen LogP contribution in [0.1, 0.15) is 25.3 Å². The number of nitrogen functional groups attached to an aromatic ring is 2. The van der Waals surface area contributed by atoms with Crippen molar-refractivity contribution < 1.29 is 0 Å². The first-order chi connectivity index (χ1) is 10.6. The number of anilines is 2. The average molecular weight is 290 g/mol. The molecular weight excluding hydrogens is 268 g/mol. The van der Waals surface area contributed by atoms with Crippen LogP contribution in [0.5, 0.6) is 0 Å². The van der Waals surface area contributed by atoms with Gasteiger partial charge in [-0.3, -0.25) is 0 Å². The smallest absolute Gasteiger partial charge is 0.0317 e. The number of nitrogens with two attached hydrogens (primary N) is 2. The van der Waals surface area contributed by atoms with Crippen molar-refractivity contribution in [3.05, 3.63) is 71.8 Å². The van der Waals surface area contributed by atoms with E-state index in [9.17, 15) is 0 Å². The molecule has 2 heteroatoms. The number of allylic oxidation sites excluding steroid dienone is 4. The molecule has 2 nitrogen and oxygen atoms in total. The molecule has 112 valence electrons. The second-order valence-corrected chi connectivity index (χ2v) is 6.08. The van der Waals surface area contributed by atoms with Crippen molar-refractivity contribution in [2.75, 3.05) is 11.5 Å². The summed E-state index contributed by atoms with van der Waals surface area (Å²) in [6.07, 6.45) is 6.61. The fourth-order valence-electron chi connectivity index (χ4n) is 3.08. The van der Waals surface area contributed by atoms with Crippen LogP contribution in [0.2, 0.25) is 0 Å². The van der Waals surface area contributed by atoms with Gasteiger partial charge in [-0.15, -0.1) is 0 Å². The summed E-state index contributed by atoms with van der Waals surface area (Å²) in [7, 11) is 0. The van der Waals surface area contributed by atoms with Crippen molar-refractivity contribution in [2.24, 2.45) is 5.92 Å². The number of benzene rings is 2. The van der Waals surface area contributed by atoms with Gasteiger partial charge in [0.25, 0.3) is 0 Å². The van der Waals surface area contributed by atoms with Gasteiger partial charge in [0, 0.05) is 17.3 Å². The Hall–Kier alpha value is -2.48. The summed E-state index contributed by atoms with van der Waals surface area (Å²) < 4.78 is 0. The van der Waals surface area contributed by atoms with E-state index in [0.29, 0.717) is 11.8 Å². The predicted molar refractivity (Wildman–Crippen MR) is 95.5 cm³/mol. The molecule has 0 heterocycles. The molecule has 22 heavy (non-hydrogen) atoms. The molecule has 2 atom stereocenters. The van der Waals surface area contributed by atoms with E-state index in [1.54, 1.807) is 0 Å². The molecule has 0 bridgehead atoms. The van der Waals surface area contributed by atoms with Crippen molar-refractivity contribution in [3.63, 3.8) is 0 Å². The maximum atomic E-state index is 6.06. The van der Waals surface area contributed by atoms with E-state index in [2.05, 4.69) is 56.3 Å². The Bertz CT molecular complexity index is 739. The minimum Gasteiger partial charge on any atom is -0.399 e. The Kier molecular flexibility index (Phi) is 3.76. The molecule has 0 saturated heterocycles. The van der Waals surface area contributed by atoms with Crippen LogP contribution in [0.15, 0.2) is 66.3 Å². The van der Waals surface area contributed by atoms with Crippen LogP contribution < -0.4 is 11.5 Å². The van der Waals surface area contributed by atoms with Gasteiger partial charge in [-0.1, -0.05) is 48.9 Å². The summed E-state index contributed by atoms with van der Waals surface area (Å²) in [6, 6.07) is 14.2. The summed E-state index contributed by atoms with van der Waals surface area (Å²) in [5, 5.41) is 0. The molecule has 1 aliphatic carbocycles. The van der Waals surface area contributed by atoms with Gasteiger partial charge < -0.3 is 11.5 Å². The molecule has 0 radical (unpaired) electrons. The summed E-state index contributed by atoms with van der Waals surface area (Å²) >= 11 is 0. The summed E-state index contributed by atoms with van der Waals surface area (Å²) in [5.74, 6) is 0.820. The van der Waals surface area contributed by atoms with Gasteiger partial charge in [0.2, 0.25) is 0 Å². The van der Waals surface area contributed by atoms with Crippen molar-refractivity contribution in [3.8, 4) is 11.1 Å². The second kappa shape index (κ2) is 5.72. The topological polar surface area (TPSA) is 52.0 Å². The summed E-state index contributed by atoms with van der Waals surface area (Å²) in [4.78, 5) is 0. The molecular formula is C20H22N2. The lowest BCUT2D eigenvalue weighted by Gasteiger charge is -2.27. The lowest BCUT2D eigenvalue weighted by atomic mass is 9.77. The average Bonchev–Trinajstić information content (AvgIpc) is 2.51. The van der Waals surface area contributed by atoms with Gasteiger partial charge in [0.15, 0.2) is 0 Å². The van der Waals surface area contributed by atoms with Crippen molar-refractivity contribution in [1.29, 1.82) is 0 Å². The Morgan fingerprint density at radius 2 is 1.59 bits per heavy atom. The van der Waals surface area contributed by atoms with Crippen molar-refractivity contribution in [1.82, 2.24) is 0 Å². The van der Waals surface area contributed by atoms with Crippen LogP contribution in [-0.2, 0) is 0 Å². The molecule has 0 saturated carbocycles. The maximum absolute atomic E-state index is 6.06. The highest BCUT2D eigenvalue weighted by Gasteiger charge is 2.23. The highest BCUT2D eigenvalue weighted by atomic mass is 14.5. The van der Waals surface area contributed by atoms with Crippen LogP contribution in [0.3, 0.4) is 0 Å². The van der Waals surface area contributed by atoms with Crippen LogP contribution >= 0.6 is 0 Å². The molecule has 0 fully saturated rings. The van der Waals surface area contributed by atoms with Crippen LogP contribution in [-0.4, -0.2) is 0 Å². The van der Waals surface area contributed by atoms with Crippen LogP contribution in [0.4, 0.5) is 11.4 Å². The zero-order chi connectivity index (χ0) is 15.7. The fraction of sp³-hybridized carbons (Fsp3) is 0.200. The molecule has 3 rings (SSSR count). The molecule has 4 N–H and O–H groups in total. The molecule has 0 aromatic heterocycles. The first-order valence-corrected chi connectivity index (χ1v) is 7.66. The Labute approximate surface area is 132 Å². The van der Waals surface area contributed by atoms with E-state index in [4.69, 9.17) is 11.5 Å². The van der Waals surface area contributed by atoms with Gasteiger partial charge in [-0.05, 0) is 53.8 Å². The SMILES string of the molecule is CC1=CC=CC(c2cc(N)ccc2-c2ccc(N)cc2)C1C. The molecule has 0 spiro atoms. The number of rotatable bonds is 2. The third-order valence-corrected chi connectivity index (χ3v) is 4.59. The van der Waals surface area contributed by atoms with Crippen molar-refractivity contribution >= 4 is 11.4 Å². The zero-order valence-electron chi connectivity index (χ0n) is 13.1. The summed E-state index contributed by atoms with van der Waals surface area (Å²) in [6.45, 7) is 4.46. The fourth-order valence-corrected chi connectivity index (χ4v) is 3.08. The predicted octanol–water partition coefficient (Wildman–Crippen LogP) is 4.75. The third-order valence-electron chi connectivity index (χ3n) is 4.59. The molecule has 2 aromatic rings. The number of hydrogen-bond donors (Lipinski definition) is 2. The molecule has 1 aliphatic rings. The first-order valence-electron chi connectivity index (χ1n) is 7.66. The normalized spacial score (nSPS) is 20.7. The van der Waals surface area contributed by atoms with E-state index in [1.165, 1.54) is 22.3 Å². The Morgan fingerprint density at radius 1 is 0.909 bits per heavy atom. The quantitative estimate of drug-likeness (QED) is 0.784. The molecule has 0 aliphatic heterocycles. The van der Waals surface area contributed by atoms with E-state index < -0.39 is 0 Å². The maximum Gasteiger partial charge on any atom is 0.0317 e. The summed E-state index contributed by atoms with van der Waals surface area (Å²) in [5.41, 5.74) is 18.5. The number of hydrogen-bond acceptors (Lipinski definition) is 2. The Morgan fingerprint density at radius 3 is 2.32 bits per heavy atom. The van der Waals surface area contributed by atoms with Gasteiger partial charge in [0.05, 0.1) is 0 Å². The van der Waals surface area contributed by atoms with Gasteiger partial charge >= 0.3 is 0 Å².